The van der Waals surface area contributed by atoms with Crippen molar-refractivity contribution in [3.8, 4) is 0 Å². The second-order valence-electron chi connectivity index (χ2n) is 11.1. The Bertz CT molecular complexity index is 1590. The molecule has 1 unspecified atom stereocenters. The molecule has 260 valence electrons. The topological polar surface area (TPSA) is 81.7 Å². The lowest BCUT2D eigenvalue weighted by Gasteiger charge is -2.18. The predicted molar refractivity (Wildman–Crippen MR) is 205 cm³/mol. The highest BCUT2D eigenvalue weighted by Gasteiger charge is 2.22. The van der Waals surface area contributed by atoms with Gasteiger partial charge in [-0.25, -0.2) is 9.59 Å². The van der Waals surface area contributed by atoms with Gasteiger partial charge in [0.15, 0.2) is 0 Å². The second kappa shape index (κ2) is 23.7. The molecule has 0 aromatic heterocycles. The van der Waals surface area contributed by atoms with Crippen LogP contribution in [-0.2, 0) is 25.5 Å². The van der Waals surface area contributed by atoms with Crippen molar-refractivity contribution in [1.29, 1.82) is 0 Å². The van der Waals surface area contributed by atoms with Crippen molar-refractivity contribution in [3.63, 3.8) is 0 Å². The summed E-state index contributed by atoms with van der Waals surface area (Å²) in [5.41, 5.74) is 2.92. The van der Waals surface area contributed by atoms with E-state index >= 15 is 0 Å². The Hall–Kier alpha value is -3.58. The fourth-order valence-corrected chi connectivity index (χ4v) is 5.05. The van der Waals surface area contributed by atoms with Crippen LogP contribution in [0.2, 0.25) is 0 Å². The van der Waals surface area contributed by atoms with E-state index in [2.05, 4.69) is 124 Å². The predicted octanol–water partition coefficient (Wildman–Crippen LogP) is 10.2. The highest BCUT2D eigenvalue weighted by molar-refractivity contribution is 7.80. The molecule has 1 N–H and O–H groups in total. The average Bonchev–Trinajstić information content (AvgIpc) is 3.06. The van der Waals surface area contributed by atoms with Gasteiger partial charge in [0.25, 0.3) is 0 Å². The molecule has 0 heterocycles. The van der Waals surface area contributed by atoms with Crippen molar-refractivity contribution >= 4 is 69.1 Å². The Labute approximate surface area is 289 Å². The highest BCUT2D eigenvalue weighted by Crippen LogP contribution is 2.37. The zero-order valence-electron chi connectivity index (χ0n) is 30.9. The number of amides is 1. The standard InChI is InChI=1S/C21H16.C8H13NO5S.C4H10.C3H8.2C2H6/c1-13-16-7-2-3-8-18(16)19-12-10-15-6-4-5-14-9-11-17(13)21(19)20(14)15;1-3-13-8(12)14-7(11)6(4-15)9-5(2)10;1-4(2)3;1-3-2;2*1-2/h2-3,6-12H,4-5H2,1H3;6,15H,3-4H2,1-2H3,(H,9,10);4H,1-3H3;3H2,1-2H3;2*1-2H3. The monoisotopic (exact) mass is 665 g/mol. The van der Waals surface area contributed by atoms with E-state index in [0.29, 0.717) is 0 Å². The van der Waals surface area contributed by atoms with Crippen LogP contribution in [-0.4, -0.2) is 36.4 Å². The average molecular weight is 666 g/mol. The van der Waals surface area contributed by atoms with Crippen molar-refractivity contribution in [2.75, 3.05) is 12.4 Å². The summed E-state index contributed by atoms with van der Waals surface area (Å²) >= 11 is 3.84. The van der Waals surface area contributed by atoms with Crippen LogP contribution in [0.25, 0.3) is 38.4 Å². The number of ether oxygens (including phenoxy) is 2. The highest BCUT2D eigenvalue weighted by atomic mass is 32.1. The van der Waals surface area contributed by atoms with E-state index in [4.69, 9.17) is 0 Å². The smallest absolute Gasteiger partial charge is 0.434 e. The number of carbonyl (C=O) groups is 3. The van der Waals surface area contributed by atoms with Gasteiger partial charge in [-0.3, -0.25) is 4.79 Å². The molecule has 7 heteroatoms. The van der Waals surface area contributed by atoms with Gasteiger partial charge in [0.05, 0.1) is 6.61 Å². The van der Waals surface area contributed by atoms with Crippen molar-refractivity contribution in [2.24, 2.45) is 5.92 Å². The van der Waals surface area contributed by atoms with Gasteiger partial charge in [0.1, 0.15) is 6.04 Å². The van der Waals surface area contributed by atoms with Gasteiger partial charge in [0.2, 0.25) is 5.91 Å². The lowest BCUT2D eigenvalue weighted by Crippen LogP contribution is -2.42. The molecule has 6 nitrogen and oxygen atoms in total. The number of thiol groups is 1. The van der Waals surface area contributed by atoms with Gasteiger partial charge in [-0.2, -0.15) is 12.6 Å². The minimum Gasteiger partial charge on any atom is -0.434 e. The molecular weight excluding hydrogens is 607 g/mol. The summed E-state index contributed by atoms with van der Waals surface area (Å²) in [4.78, 5) is 32.6. The Morgan fingerprint density at radius 3 is 1.91 bits per heavy atom. The van der Waals surface area contributed by atoms with Crippen molar-refractivity contribution in [1.82, 2.24) is 5.32 Å². The third-order valence-electron chi connectivity index (χ3n) is 6.37. The molecular formula is C40H59NO5S. The third kappa shape index (κ3) is 13.2. The maximum absolute atomic E-state index is 11.2. The molecule has 1 aliphatic rings. The lowest BCUT2D eigenvalue weighted by atomic mass is 9.86. The molecule has 1 atom stereocenters. The third-order valence-corrected chi connectivity index (χ3v) is 6.74. The number of rotatable bonds is 4. The molecule has 47 heavy (non-hydrogen) atoms. The summed E-state index contributed by atoms with van der Waals surface area (Å²) in [6, 6.07) is 17.2. The SMILES string of the molecule is CC.CC.CC(C)C.CCC.CCOC(=O)OC(=O)C(CS)NC(C)=O.Cc1c2ccccc2c2ccc3c4c(ccc1c42)CCC=3. The van der Waals surface area contributed by atoms with Gasteiger partial charge >= 0.3 is 12.1 Å². The zero-order valence-corrected chi connectivity index (χ0v) is 31.8. The minimum absolute atomic E-state index is 0.0395. The van der Waals surface area contributed by atoms with Crippen molar-refractivity contribution in [3.05, 3.63) is 64.9 Å². The van der Waals surface area contributed by atoms with Crippen LogP contribution in [0.5, 0.6) is 0 Å². The Kier molecular flexibility index (Phi) is 21.9. The summed E-state index contributed by atoms with van der Waals surface area (Å²) < 4.78 is 8.67. The number of esters is 1. The van der Waals surface area contributed by atoms with Gasteiger partial charge < -0.3 is 14.8 Å². The van der Waals surface area contributed by atoms with Gasteiger partial charge in [0, 0.05) is 12.7 Å². The molecule has 0 saturated heterocycles. The van der Waals surface area contributed by atoms with Gasteiger partial charge in [-0.15, -0.1) is 0 Å². The molecule has 0 aliphatic heterocycles. The minimum atomic E-state index is -1.08. The molecule has 1 amide bonds. The molecule has 5 rings (SSSR count). The van der Waals surface area contributed by atoms with Crippen LogP contribution >= 0.6 is 12.6 Å². The van der Waals surface area contributed by atoms with Crippen LogP contribution in [0.3, 0.4) is 0 Å². The van der Waals surface area contributed by atoms with Crippen LogP contribution in [0.15, 0.2) is 48.5 Å². The summed E-state index contributed by atoms with van der Waals surface area (Å²) in [5, 5.41) is 12.2. The molecule has 1 aliphatic carbocycles. The van der Waals surface area contributed by atoms with Crippen LogP contribution < -0.4 is 10.5 Å². The summed E-state index contributed by atoms with van der Waals surface area (Å²) in [7, 11) is 0. The first-order chi connectivity index (χ1) is 22.5. The lowest BCUT2D eigenvalue weighted by molar-refractivity contribution is -0.143. The van der Waals surface area contributed by atoms with E-state index in [9.17, 15) is 14.4 Å². The second-order valence-corrected chi connectivity index (χ2v) is 11.5. The zero-order chi connectivity index (χ0) is 36.1. The van der Waals surface area contributed by atoms with Crippen molar-refractivity contribution < 1.29 is 23.9 Å². The molecule has 0 radical (unpaired) electrons. The van der Waals surface area contributed by atoms with E-state index < -0.39 is 24.1 Å². The first-order valence-electron chi connectivity index (χ1n) is 17.1. The first-order valence-corrected chi connectivity index (χ1v) is 17.8. The molecule has 4 aromatic carbocycles. The summed E-state index contributed by atoms with van der Waals surface area (Å²) in [5.74, 6) is -0.425. The maximum atomic E-state index is 11.2. The van der Waals surface area contributed by atoms with Crippen LogP contribution in [0.4, 0.5) is 4.79 Å². The van der Waals surface area contributed by atoms with Crippen molar-refractivity contribution in [2.45, 2.75) is 108 Å². The van der Waals surface area contributed by atoms with Gasteiger partial charge in [-0.05, 0) is 81.3 Å². The number of aryl methyl sites for hydroxylation is 2. The number of fused-ring (bicyclic) bond motifs is 2. The number of hydrogen-bond acceptors (Lipinski definition) is 6. The summed E-state index contributed by atoms with van der Waals surface area (Å²) in [6.07, 6.45) is 4.90. The molecule has 0 fully saturated rings. The van der Waals surface area contributed by atoms with Crippen LogP contribution in [0, 0.1) is 12.8 Å². The van der Waals surface area contributed by atoms with E-state index in [1.54, 1.807) is 6.92 Å². The number of hydrogen-bond donors (Lipinski definition) is 2. The van der Waals surface area contributed by atoms with E-state index in [0.717, 1.165) is 5.92 Å². The summed E-state index contributed by atoms with van der Waals surface area (Å²) in [6.45, 7) is 23.9. The maximum Gasteiger partial charge on any atom is 0.516 e. The molecule has 0 saturated carbocycles. The van der Waals surface area contributed by atoms with E-state index in [-0.39, 0.29) is 12.4 Å². The quantitative estimate of drug-likeness (QED) is 0.0745. The van der Waals surface area contributed by atoms with Crippen LogP contribution in [0.1, 0.15) is 100 Å². The van der Waals surface area contributed by atoms with Gasteiger partial charge in [-0.1, -0.05) is 123 Å². The fraction of sp³-hybridized carbons (Fsp3) is 0.475. The Balaban J connectivity index is 0.000000717. The molecule has 0 bridgehead atoms. The Morgan fingerprint density at radius 2 is 1.38 bits per heavy atom. The molecule has 0 spiro atoms. The number of nitrogens with one attached hydrogen (secondary N) is 1. The normalized spacial score (nSPS) is 11.3. The van der Waals surface area contributed by atoms with E-state index in [1.165, 1.54) is 74.8 Å². The first kappa shape index (κ1) is 43.4. The van der Waals surface area contributed by atoms with E-state index in [1.807, 2.05) is 27.7 Å². The molecule has 4 aromatic rings. The fourth-order valence-electron chi connectivity index (χ4n) is 4.81. The Morgan fingerprint density at radius 1 is 0.830 bits per heavy atom. The number of benzene rings is 4. The number of carbonyl (C=O) groups excluding carboxylic acids is 3. The largest absolute Gasteiger partial charge is 0.516 e.